The molecule has 186 valence electrons. The lowest BCUT2D eigenvalue weighted by Gasteiger charge is -2.19. The molecule has 0 saturated carbocycles. The van der Waals surface area contributed by atoms with E-state index < -0.39 is 0 Å². The predicted octanol–water partition coefficient (Wildman–Crippen LogP) is 9.30. The minimum absolute atomic E-state index is 0.417. The van der Waals surface area contributed by atoms with E-state index in [4.69, 9.17) is 4.98 Å². The van der Waals surface area contributed by atoms with Gasteiger partial charge >= 0.3 is 0 Å². The third-order valence-electron chi connectivity index (χ3n) is 6.35. The van der Waals surface area contributed by atoms with E-state index in [-0.39, 0.29) is 0 Å². The Hall–Kier alpha value is -3.12. The molecule has 3 nitrogen and oxygen atoms in total. The van der Waals surface area contributed by atoms with Gasteiger partial charge < -0.3 is 4.57 Å². The highest BCUT2D eigenvalue weighted by Crippen LogP contribution is 2.32. The van der Waals surface area contributed by atoms with Crippen LogP contribution in [0.3, 0.4) is 0 Å². The Morgan fingerprint density at radius 1 is 1.17 bits per heavy atom. The van der Waals surface area contributed by atoms with Crippen molar-refractivity contribution in [2.24, 2.45) is 0 Å². The van der Waals surface area contributed by atoms with Crippen LogP contribution >= 0.6 is 0 Å². The summed E-state index contributed by atoms with van der Waals surface area (Å²) in [5, 5.41) is 9.32. The molecule has 1 heterocycles. The smallest absolute Gasteiger partial charge is 0.112 e. The number of hydrogen-bond acceptors (Lipinski definition) is 2. The molecule has 0 aliphatic heterocycles. The molecule has 2 rings (SSSR count). The fourth-order valence-electron chi connectivity index (χ4n) is 4.74. The molecule has 0 aliphatic rings. The van der Waals surface area contributed by atoms with Crippen molar-refractivity contribution in [1.82, 2.24) is 9.55 Å². The van der Waals surface area contributed by atoms with Crippen LogP contribution in [0.1, 0.15) is 96.9 Å². The van der Waals surface area contributed by atoms with Crippen LogP contribution in [-0.4, -0.2) is 9.55 Å². The number of aryl methyl sites for hydroxylation is 1. The second kappa shape index (κ2) is 14.3. The van der Waals surface area contributed by atoms with E-state index in [1.807, 2.05) is 30.3 Å². The molecule has 3 heteroatoms. The van der Waals surface area contributed by atoms with Crippen LogP contribution in [0.5, 0.6) is 0 Å². The van der Waals surface area contributed by atoms with Crippen LogP contribution in [0.2, 0.25) is 0 Å². The Morgan fingerprint density at radius 2 is 1.94 bits per heavy atom. The summed E-state index contributed by atoms with van der Waals surface area (Å²) in [6.45, 7) is 20.0. The average Bonchev–Trinajstić information content (AvgIpc) is 3.25. The van der Waals surface area contributed by atoms with E-state index in [9.17, 15) is 5.26 Å². The lowest BCUT2D eigenvalue weighted by molar-refractivity contribution is 0.490. The van der Waals surface area contributed by atoms with Gasteiger partial charge in [0.2, 0.25) is 0 Å². The van der Waals surface area contributed by atoms with E-state index in [1.165, 1.54) is 28.1 Å². The van der Waals surface area contributed by atoms with Crippen molar-refractivity contribution in [2.45, 2.75) is 92.0 Å². The van der Waals surface area contributed by atoms with Crippen molar-refractivity contribution in [2.75, 3.05) is 0 Å². The van der Waals surface area contributed by atoms with Crippen LogP contribution in [0.4, 0.5) is 0 Å². The van der Waals surface area contributed by atoms with E-state index in [1.54, 1.807) is 0 Å². The van der Waals surface area contributed by atoms with Crippen molar-refractivity contribution in [1.29, 1.82) is 5.26 Å². The minimum Gasteiger partial charge on any atom is -0.334 e. The van der Waals surface area contributed by atoms with Crippen LogP contribution < -0.4 is 0 Å². The minimum atomic E-state index is 0.417. The average molecular weight is 470 g/mol. The standard InChI is InChI=1S/C32H43N3/c1-8-13-27(30(25(6)7)20-24(4)5)16-12-17-28(14-9-2)32-34-31(23-35(32)19-10-3)29-18-11-15-26(21-29)22-33/h8,11,13,15,18,21,23,28H,1,4,9-10,12,14,16-17,19-20H2,2-3,5-7H3/b27-13-. The third kappa shape index (κ3) is 8.25. The molecule has 35 heavy (non-hydrogen) atoms. The number of nitrogens with zero attached hydrogens (tertiary/aromatic N) is 3. The normalized spacial score (nSPS) is 12.2. The zero-order valence-electron chi connectivity index (χ0n) is 22.5. The fourth-order valence-corrected chi connectivity index (χ4v) is 4.74. The molecule has 1 unspecified atom stereocenters. The van der Waals surface area contributed by atoms with Crippen LogP contribution in [-0.2, 0) is 6.54 Å². The summed E-state index contributed by atoms with van der Waals surface area (Å²) in [5.41, 5.74) is 7.97. The second-order valence-electron chi connectivity index (χ2n) is 9.79. The number of benzene rings is 1. The first-order chi connectivity index (χ1) is 16.8. The van der Waals surface area contributed by atoms with Crippen molar-refractivity contribution in [3.05, 3.63) is 89.5 Å². The van der Waals surface area contributed by atoms with Crippen molar-refractivity contribution >= 4 is 0 Å². The van der Waals surface area contributed by atoms with Gasteiger partial charge in [-0.15, -0.1) is 0 Å². The summed E-state index contributed by atoms with van der Waals surface area (Å²) in [6.07, 6.45) is 13.8. The highest BCUT2D eigenvalue weighted by atomic mass is 15.1. The summed E-state index contributed by atoms with van der Waals surface area (Å²) in [6, 6.07) is 10.0. The van der Waals surface area contributed by atoms with E-state index in [2.05, 4.69) is 70.7 Å². The highest BCUT2D eigenvalue weighted by Gasteiger charge is 2.20. The third-order valence-corrected chi connectivity index (χ3v) is 6.35. The maximum Gasteiger partial charge on any atom is 0.112 e. The Balaban J connectivity index is 2.29. The zero-order chi connectivity index (χ0) is 25.8. The van der Waals surface area contributed by atoms with Crippen LogP contribution in [0.25, 0.3) is 11.3 Å². The Morgan fingerprint density at radius 3 is 2.54 bits per heavy atom. The molecule has 2 aromatic rings. The van der Waals surface area contributed by atoms with Gasteiger partial charge in [-0.1, -0.05) is 68.9 Å². The largest absolute Gasteiger partial charge is 0.334 e. The first kappa shape index (κ1) is 28.1. The lowest BCUT2D eigenvalue weighted by Crippen LogP contribution is -2.09. The second-order valence-corrected chi connectivity index (χ2v) is 9.79. The van der Waals surface area contributed by atoms with Crippen molar-refractivity contribution in [3.63, 3.8) is 0 Å². The van der Waals surface area contributed by atoms with E-state index >= 15 is 0 Å². The number of rotatable bonds is 14. The quantitative estimate of drug-likeness (QED) is 0.204. The van der Waals surface area contributed by atoms with Crippen molar-refractivity contribution < 1.29 is 0 Å². The maximum atomic E-state index is 9.32. The summed E-state index contributed by atoms with van der Waals surface area (Å²) in [5.74, 6) is 1.60. The van der Waals surface area contributed by atoms with Crippen molar-refractivity contribution in [3.8, 4) is 17.3 Å². The van der Waals surface area contributed by atoms with Gasteiger partial charge in [0.05, 0.1) is 17.3 Å². The molecule has 1 atom stereocenters. The molecule has 0 aliphatic carbocycles. The van der Waals surface area contributed by atoms with Crippen LogP contribution in [0.15, 0.2) is 78.1 Å². The number of allylic oxidation sites excluding steroid dienone is 6. The molecule has 0 N–H and O–H groups in total. The fraction of sp³-hybridized carbons (Fsp3) is 0.438. The highest BCUT2D eigenvalue weighted by molar-refractivity contribution is 5.61. The van der Waals surface area contributed by atoms with E-state index in [0.29, 0.717) is 11.5 Å². The Kier molecular flexibility index (Phi) is 11.5. The molecule has 0 spiro atoms. The number of imidazole rings is 1. The lowest BCUT2D eigenvalue weighted by atomic mass is 9.89. The molecular formula is C32H43N3. The molecule has 1 aromatic heterocycles. The topological polar surface area (TPSA) is 41.6 Å². The SMILES string of the molecule is C=C/C=C(/CCCC(CCC)c1nc(-c2cccc(C#N)c2)cn1CCC)C(CC(=C)C)=C(C)C. The Bertz CT molecular complexity index is 1100. The zero-order valence-corrected chi connectivity index (χ0v) is 22.5. The number of hydrogen-bond donors (Lipinski definition) is 0. The van der Waals surface area contributed by atoms with Crippen LogP contribution in [0, 0.1) is 11.3 Å². The van der Waals surface area contributed by atoms with Gasteiger partial charge in [-0.2, -0.15) is 5.26 Å². The van der Waals surface area contributed by atoms with Gasteiger partial charge in [0.15, 0.2) is 0 Å². The summed E-state index contributed by atoms with van der Waals surface area (Å²) < 4.78 is 2.35. The molecule has 0 bridgehead atoms. The molecule has 0 saturated heterocycles. The number of nitriles is 1. The van der Waals surface area contributed by atoms with Gasteiger partial charge in [0.25, 0.3) is 0 Å². The van der Waals surface area contributed by atoms with Gasteiger partial charge in [-0.05, 0) is 82.6 Å². The molecule has 0 amide bonds. The first-order valence-corrected chi connectivity index (χ1v) is 13.0. The number of aromatic nitrogens is 2. The first-order valence-electron chi connectivity index (χ1n) is 13.0. The Labute approximate surface area is 213 Å². The predicted molar refractivity (Wildman–Crippen MR) is 150 cm³/mol. The summed E-state index contributed by atoms with van der Waals surface area (Å²) >= 11 is 0. The summed E-state index contributed by atoms with van der Waals surface area (Å²) in [4.78, 5) is 5.13. The van der Waals surface area contributed by atoms with Gasteiger partial charge in [-0.25, -0.2) is 4.98 Å². The molecular weight excluding hydrogens is 426 g/mol. The molecule has 0 fully saturated rings. The molecule has 0 radical (unpaired) electrons. The maximum absolute atomic E-state index is 9.32. The van der Waals surface area contributed by atoms with Gasteiger partial charge in [0.1, 0.15) is 5.82 Å². The summed E-state index contributed by atoms with van der Waals surface area (Å²) in [7, 11) is 0. The van der Waals surface area contributed by atoms with Gasteiger partial charge in [0, 0.05) is 24.2 Å². The molecule has 1 aromatic carbocycles. The van der Waals surface area contributed by atoms with E-state index in [0.717, 1.165) is 62.7 Å². The van der Waals surface area contributed by atoms with Gasteiger partial charge in [-0.3, -0.25) is 0 Å². The monoisotopic (exact) mass is 469 g/mol.